The van der Waals surface area contributed by atoms with Crippen LogP contribution >= 0.6 is 0 Å². The van der Waals surface area contributed by atoms with Crippen molar-refractivity contribution in [1.82, 2.24) is 5.32 Å². The van der Waals surface area contributed by atoms with Gasteiger partial charge in [-0.15, -0.1) is 0 Å². The van der Waals surface area contributed by atoms with Crippen LogP contribution in [-0.2, 0) is 11.3 Å². The van der Waals surface area contributed by atoms with Crippen molar-refractivity contribution in [2.24, 2.45) is 5.41 Å². The van der Waals surface area contributed by atoms with Crippen LogP contribution in [0, 0.1) is 12.3 Å². The number of alkyl halides is 2. The van der Waals surface area contributed by atoms with Gasteiger partial charge in [0.15, 0.2) is 0 Å². The van der Waals surface area contributed by atoms with E-state index >= 15 is 0 Å². The summed E-state index contributed by atoms with van der Waals surface area (Å²) in [6, 6.07) is 1.27. The number of rotatable bonds is 4. The largest absolute Gasteiger partial charge is 0.478 e. The van der Waals surface area contributed by atoms with Crippen molar-refractivity contribution in [3.63, 3.8) is 0 Å². The molecule has 0 radical (unpaired) electrons. The van der Waals surface area contributed by atoms with Crippen LogP contribution in [0.5, 0.6) is 0 Å². The molecule has 0 bridgehead atoms. The van der Waals surface area contributed by atoms with E-state index in [0.717, 1.165) is 0 Å². The van der Waals surface area contributed by atoms with Crippen molar-refractivity contribution in [3.8, 4) is 0 Å². The SMILES string of the molecule is Cc1oc(CNC(=O)C2(C)CC2(F)F)cc1C(=O)O. The number of amides is 1. The van der Waals surface area contributed by atoms with Crippen LogP contribution < -0.4 is 5.32 Å². The van der Waals surface area contributed by atoms with Gasteiger partial charge in [0, 0.05) is 6.42 Å². The Morgan fingerprint density at radius 2 is 2.11 bits per heavy atom. The number of hydrogen-bond donors (Lipinski definition) is 2. The third kappa shape index (κ3) is 2.20. The molecule has 1 fully saturated rings. The van der Waals surface area contributed by atoms with E-state index in [1.807, 2.05) is 0 Å². The Hall–Kier alpha value is -1.92. The zero-order valence-corrected chi connectivity index (χ0v) is 10.4. The van der Waals surface area contributed by atoms with Crippen molar-refractivity contribution in [2.45, 2.75) is 32.7 Å². The Morgan fingerprint density at radius 1 is 1.53 bits per heavy atom. The first-order chi connectivity index (χ1) is 8.67. The Balaban J connectivity index is 1.99. The van der Waals surface area contributed by atoms with Gasteiger partial charge in [-0.2, -0.15) is 0 Å². The first-order valence-corrected chi connectivity index (χ1v) is 5.66. The van der Waals surface area contributed by atoms with Gasteiger partial charge in [0.25, 0.3) is 5.92 Å². The van der Waals surface area contributed by atoms with Crippen LogP contribution in [0.3, 0.4) is 0 Å². The summed E-state index contributed by atoms with van der Waals surface area (Å²) in [6.45, 7) is 2.56. The molecular formula is C12H13F2NO4. The summed E-state index contributed by atoms with van der Waals surface area (Å²) in [7, 11) is 0. The molecule has 1 amide bonds. The van der Waals surface area contributed by atoms with E-state index in [4.69, 9.17) is 9.52 Å². The van der Waals surface area contributed by atoms with E-state index in [-0.39, 0.29) is 23.6 Å². The topological polar surface area (TPSA) is 79.5 Å². The third-order valence-electron chi connectivity index (χ3n) is 3.38. The molecule has 104 valence electrons. The Labute approximate surface area is 107 Å². The molecule has 0 saturated heterocycles. The third-order valence-corrected chi connectivity index (χ3v) is 3.38. The van der Waals surface area contributed by atoms with Crippen LogP contribution in [0.25, 0.3) is 0 Å². The van der Waals surface area contributed by atoms with Gasteiger partial charge in [0.2, 0.25) is 5.91 Å². The van der Waals surface area contributed by atoms with E-state index in [9.17, 15) is 18.4 Å². The fourth-order valence-electron chi connectivity index (χ4n) is 1.85. The number of furan rings is 1. The van der Waals surface area contributed by atoms with Gasteiger partial charge in [0.1, 0.15) is 22.5 Å². The van der Waals surface area contributed by atoms with Crippen molar-refractivity contribution in [1.29, 1.82) is 0 Å². The summed E-state index contributed by atoms with van der Waals surface area (Å²) in [5, 5.41) is 11.1. The number of aryl methyl sites for hydroxylation is 1. The lowest BCUT2D eigenvalue weighted by Gasteiger charge is -2.09. The van der Waals surface area contributed by atoms with Gasteiger partial charge in [0.05, 0.1) is 6.54 Å². The number of carboxylic acids is 1. The van der Waals surface area contributed by atoms with Crippen LogP contribution in [0.4, 0.5) is 8.78 Å². The average Bonchev–Trinajstić information content (AvgIpc) is 2.67. The van der Waals surface area contributed by atoms with E-state index in [1.54, 1.807) is 0 Å². The molecule has 0 aromatic carbocycles. The molecule has 0 spiro atoms. The Bertz CT molecular complexity index is 552. The number of hydrogen-bond acceptors (Lipinski definition) is 3. The van der Waals surface area contributed by atoms with Crippen LogP contribution in [-0.4, -0.2) is 22.9 Å². The molecule has 19 heavy (non-hydrogen) atoms. The molecule has 1 aromatic heterocycles. The number of aromatic carboxylic acids is 1. The minimum Gasteiger partial charge on any atom is -0.478 e. The van der Waals surface area contributed by atoms with Crippen molar-refractivity contribution in [2.75, 3.05) is 0 Å². The molecule has 1 atom stereocenters. The van der Waals surface area contributed by atoms with E-state index in [2.05, 4.69) is 5.32 Å². The molecule has 1 aliphatic rings. The zero-order chi connectivity index (χ0) is 14.4. The van der Waals surface area contributed by atoms with E-state index in [0.29, 0.717) is 0 Å². The number of carboxylic acid groups (broad SMARTS) is 1. The fraction of sp³-hybridized carbons (Fsp3) is 0.500. The van der Waals surface area contributed by atoms with Crippen molar-refractivity contribution in [3.05, 3.63) is 23.2 Å². The monoisotopic (exact) mass is 273 g/mol. The molecule has 5 nitrogen and oxygen atoms in total. The summed E-state index contributed by atoms with van der Waals surface area (Å²) in [6.07, 6.45) is -0.469. The normalized spacial score (nSPS) is 24.0. The maximum Gasteiger partial charge on any atom is 0.339 e. The summed E-state index contributed by atoms with van der Waals surface area (Å²) < 4.78 is 31.1. The molecule has 1 aromatic rings. The number of nitrogens with one attached hydrogen (secondary N) is 1. The van der Waals surface area contributed by atoms with Gasteiger partial charge in [-0.25, -0.2) is 13.6 Å². The quantitative estimate of drug-likeness (QED) is 0.878. The maximum absolute atomic E-state index is 13.0. The highest BCUT2D eigenvalue weighted by molar-refractivity contribution is 5.89. The van der Waals surface area contributed by atoms with Gasteiger partial charge in [-0.1, -0.05) is 0 Å². The van der Waals surface area contributed by atoms with Gasteiger partial charge in [-0.3, -0.25) is 4.79 Å². The minimum atomic E-state index is -2.97. The lowest BCUT2D eigenvalue weighted by atomic mass is 10.1. The molecule has 2 N–H and O–H groups in total. The average molecular weight is 273 g/mol. The van der Waals surface area contributed by atoms with Crippen LogP contribution in [0.2, 0.25) is 0 Å². The second-order valence-electron chi connectivity index (χ2n) is 4.88. The molecular weight excluding hydrogens is 260 g/mol. The smallest absolute Gasteiger partial charge is 0.339 e. The zero-order valence-electron chi connectivity index (χ0n) is 10.4. The lowest BCUT2D eigenvalue weighted by Crippen LogP contribution is -2.33. The predicted octanol–water partition coefficient (Wildman–Crippen LogP) is 1.95. The van der Waals surface area contributed by atoms with Crippen LogP contribution in [0.15, 0.2) is 10.5 Å². The molecule has 1 aliphatic carbocycles. The highest BCUT2D eigenvalue weighted by atomic mass is 19.3. The summed E-state index contributed by atoms with van der Waals surface area (Å²) in [5.41, 5.74) is -1.67. The maximum atomic E-state index is 13.0. The molecule has 2 rings (SSSR count). The predicted molar refractivity (Wildman–Crippen MR) is 59.9 cm³/mol. The lowest BCUT2D eigenvalue weighted by molar-refractivity contribution is -0.129. The van der Waals surface area contributed by atoms with Gasteiger partial charge < -0.3 is 14.8 Å². The highest BCUT2D eigenvalue weighted by Crippen LogP contribution is 2.60. The number of carbonyl (C=O) groups is 2. The van der Waals surface area contributed by atoms with Crippen molar-refractivity contribution < 1.29 is 27.9 Å². The van der Waals surface area contributed by atoms with E-state index < -0.39 is 29.6 Å². The van der Waals surface area contributed by atoms with Crippen molar-refractivity contribution >= 4 is 11.9 Å². The first-order valence-electron chi connectivity index (χ1n) is 5.66. The van der Waals surface area contributed by atoms with Gasteiger partial charge >= 0.3 is 5.97 Å². The fourth-order valence-corrected chi connectivity index (χ4v) is 1.85. The summed E-state index contributed by atoms with van der Waals surface area (Å²) in [5.74, 6) is -4.44. The number of carbonyl (C=O) groups excluding carboxylic acids is 1. The second-order valence-corrected chi connectivity index (χ2v) is 4.88. The molecule has 1 unspecified atom stereocenters. The molecule has 1 saturated carbocycles. The Kier molecular flexibility index (Phi) is 2.87. The molecule has 7 heteroatoms. The standard InChI is InChI=1S/C12H13F2NO4/c1-6-8(9(16)17)3-7(19-6)4-15-10(18)11(2)5-12(11,13)14/h3H,4-5H2,1-2H3,(H,15,18)(H,16,17). The number of halogens is 2. The van der Waals surface area contributed by atoms with Gasteiger partial charge in [-0.05, 0) is 19.9 Å². The minimum absolute atomic E-state index is 0.00721. The second kappa shape index (κ2) is 4.04. The Morgan fingerprint density at radius 3 is 2.53 bits per heavy atom. The highest BCUT2D eigenvalue weighted by Gasteiger charge is 2.72. The summed E-state index contributed by atoms with van der Waals surface area (Å²) >= 11 is 0. The molecule has 1 heterocycles. The van der Waals surface area contributed by atoms with E-state index in [1.165, 1.54) is 19.9 Å². The summed E-state index contributed by atoms with van der Waals surface area (Å²) in [4.78, 5) is 22.4. The van der Waals surface area contributed by atoms with Crippen LogP contribution in [0.1, 0.15) is 35.2 Å². The molecule has 0 aliphatic heterocycles. The first kappa shape index (κ1) is 13.5.